The number of carboxylic acid groups (broad SMARTS) is 2. The van der Waals surface area contributed by atoms with Crippen LogP contribution < -0.4 is 14.4 Å². The van der Waals surface area contributed by atoms with Crippen LogP contribution in [0.5, 0.6) is 11.5 Å². The van der Waals surface area contributed by atoms with E-state index in [2.05, 4.69) is 16.0 Å². The largest absolute Gasteiger partial charge is 0.493 e. The maximum Gasteiger partial charge on any atom is 0.372 e. The quantitative estimate of drug-likeness (QED) is 0.397. The van der Waals surface area contributed by atoms with E-state index in [1.807, 2.05) is 44.4 Å². The van der Waals surface area contributed by atoms with Gasteiger partial charge in [-0.3, -0.25) is 14.6 Å². The Morgan fingerprint density at radius 2 is 1.74 bits per heavy atom. The molecule has 0 amide bonds. The second-order valence-corrected chi connectivity index (χ2v) is 9.43. The Hall–Kier alpha value is -4.06. The standard InChI is InChI=1S/C22H28N4O3.C5H6O5/c1-5-29-20-9-15-16-8-14(27)6-7-18(16)25-21(17(15)10-19(20)28-4)13-11-23-22(24-12-13)26(2)3;6-3(5(9)10)1-2-4(7)8/h9-12,14,16,18,27H,5-8H2,1-4H3;1-2H2,(H,7,8)(H,9,10)/t14-,16-,18-;/m1./s1. The van der Waals surface area contributed by atoms with Crippen LogP contribution in [0, 0.1) is 0 Å². The van der Waals surface area contributed by atoms with E-state index >= 15 is 0 Å². The Bertz CT molecular complexity index is 1230. The topological polar surface area (TPSA) is 172 Å². The first kappa shape index (κ1) is 29.5. The molecule has 0 spiro atoms. The summed E-state index contributed by atoms with van der Waals surface area (Å²) in [5.41, 5.74) is 3.92. The summed E-state index contributed by atoms with van der Waals surface area (Å²) in [6, 6.07) is 4.20. The molecule has 0 bridgehead atoms. The number of rotatable bonds is 9. The second-order valence-electron chi connectivity index (χ2n) is 9.43. The predicted molar refractivity (Wildman–Crippen MR) is 142 cm³/mol. The van der Waals surface area contributed by atoms with Gasteiger partial charge >= 0.3 is 11.9 Å². The van der Waals surface area contributed by atoms with E-state index < -0.39 is 30.6 Å². The molecule has 1 aliphatic heterocycles. The number of carboxylic acids is 2. The molecule has 12 nitrogen and oxygen atoms in total. The van der Waals surface area contributed by atoms with Crippen molar-refractivity contribution in [2.45, 2.75) is 57.1 Å². The highest BCUT2D eigenvalue weighted by Gasteiger charge is 2.37. The number of aliphatic hydroxyl groups is 1. The molecule has 1 fully saturated rings. The Labute approximate surface area is 226 Å². The van der Waals surface area contributed by atoms with Gasteiger partial charge < -0.3 is 29.7 Å². The zero-order valence-corrected chi connectivity index (χ0v) is 22.5. The third-order valence-corrected chi connectivity index (χ3v) is 6.49. The van der Waals surface area contributed by atoms with Crippen LogP contribution in [0.3, 0.4) is 0 Å². The average Bonchev–Trinajstić information content (AvgIpc) is 2.91. The van der Waals surface area contributed by atoms with Crippen molar-refractivity contribution < 1.29 is 39.2 Å². The van der Waals surface area contributed by atoms with Crippen molar-refractivity contribution in [1.82, 2.24) is 9.97 Å². The van der Waals surface area contributed by atoms with E-state index in [1.54, 1.807) is 7.11 Å². The number of aliphatic carboxylic acids is 2. The third-order valence-electron chi connectivity index (χ3n) is 6.49. The molecule has 4 rings (SSSR count). The number of aliphatic imine (C=N–C) groups is 1. The van der Waals surface area contributed by atoms with Gasteiger partial charge in [-0.15, -0.1) is 0 Å². The lowest BCUT2D eigenvalue weighted by Crippen LogP contribution is -2.34. The predicted octanol–water partition coefficient (Wildman–Crippen LogP) is 2.30. The molecule has 2 aromatic rings. The maximum atomic E-state index is 10.3. The zero-order valence-electron chi connectivity index (χ0n) is 22.5. The van der Waals surface area contributed by atoms with Crippen molar-refractivity contribution in [2.24, 2.45) is 4.99 Å². The van der Waals surface area contributed by atoms with E-state index in [-0.39, 0.29) is 18.1 Å². The van der Waals surface area contributed by atoms with Gasteiger partial charge in [-0.1, -0.05) is 0 Å². The highest BCUT2D eigenvalue weighted by molar-refractivity contribution is 6.32. The van der Waals surface area contributed by atoms with Gasteiger partial charge in [-0.2, -0.15) is 0 Å². The molecular weight excluding hydrogens is 508 g/mol. The lowest BCUT2D eigenvalue weighted by molar-refractivity contribution is -0.149. The van der Waals surface area contributed by atoms with Gasteiger partial charge in [-0.25, -0.2) is 14.8 Å². The van der Waals surface area contributed by atoms with E-state index in [0.717, 1.165) is 41.0 Å². The third kappa shape index (κ3) is 7.29. The summed E-state index contributed by atoms with van der Waals surface area (Å²) in [7, 11) is 5.48. The molecule has 1 aromatic carbocycles. The number of nitrogens with zero attached hydrogens (tertiary/aromatic N) is 4. The normalized spacial score (nSPS) is 19.3. The van der Waals surface area contributed by atoms with Gasteiger partial charge in [0.2, 0.25) is 11.7 Å². The number of carbonyl (C=O) groups excluding carboxylic acids is 1. The number of ketones is 1. The molecule has 1 aliphatic carbocycles. The van der Waals surface area contributed by atoms with Gasteiger partial charge in [0.1, 0.15) is 0 Å². The van der Waals surface area contributed by atoms with Gasteiger partial charge in [0.15, 0.2) is 11.5 Å². The van der Waals surface area contributed by atoms with Gasteiger partial charge in [0.25, 0.3) is 0 Å². The molecule has 210 valence electrons. The second kappa shape index (κ2) is 13.1. The molecule has 39 heavy (non-hydrogen) atoms. The van der Waals surface area contributed by atoms with Crippen molar-refractivity contribution in [3.63, 3.8) is 0 Å². The van der Waals surface area contributed by atoms with Crippen LogP contribution >= 0.6 is 0 Å². The van der Waals surface area contributed by atoms with Crippen LogP contribution in [-0.4, -0.2) is 88.7 Å². The Morgan fingerprint density at radius 3 is 2.31 bits per heavy atom. The Kier molecular flexibility index (Phi) is 9.94. The summed E-state index contributed by atoms with van der Waals surface area (Å²) < 4.78 is 11.4. The van der Waals surface area contributed by atoms with Crippen LogP contribution in [0.2, 0.25) is 0 Å². The van der Waals surface area contributed by atoms with Crippen LogP contribution in [-0.2, 0) is 14.4 Å². The highest BCUT2D eigenvalue weighted by atomic mass is 16.5. The van der Waals surface area contributed by atoms with Crippen LogP contribution in [0.1, 0.15) is 61.6 Å². The van der Waals surface area contributed by atoms with Crippen molar-refractivity contribution in [1.29, 1.82) is 0 Å². The van der Waals surface area contributed by atoms with Crippen molar-refractivity contribution >= 4 is 29.4 Å². The fourth-order valence-electron chi connectivity index (χ4n) is 4.60. The van der Waals surface area contributed by atoms with Gasteiger partial charge in [0, 0.05) is 50.0 Å². The molecule has 2 heterocycles. The molecule has 0 saturated heterocycles. The highest BCUT2D eigenvalue weighted by Crippen LogP contribution is 2.44. The number of methoxy groups -OCH3 is 1. The lowest BCUT2D eigenvalue weighted by atomic mass is 9.74. The van der Waals surface area contributed by atoms with Crippen molar-refractivity contribution in [2.75, 3.05) is 32.7 Å². The zero-order chi connectivity index (χ0) is 28.7. The minimum absolute atomic E-state index is 0.136. The summed E-state index contributed by atoms with van der Waals surface area (Å²) >= 11 is 0. The number of Topliss-reactive ketones (excluding diaryl/α,β-unsaturated/α-hetero) is 1. The molecule has 1 aromatic heterocycles. The van der Waals surface area contributed by atoms with Crippen LogP contribution in [0.4, 0.5) is 5.95 Å². The van der Waals surface area contributed by atoms with E-state index in [1.165, 1.54) is 0 Å². The number of fused-ring (bicyclic) bond motifs is 3. The number of anilines is 1. The van der Waals surface area contributed by atoms with E-state index in [9.17, 15) is 19.5 Å². The number of hydrogen-bond donors (Lipinski definition) is 3. The Morgan fingerprint density at radius 1 is 1.05 bits per heavy atom. The molecule has 1 saturated carbocycles. The van der Waals surface area contributed by atoms with E-state index in [4.69, 9.17) is 24.7 Å². The number of ether oxygens (including phenoxy) is 2. The van der Waals surface area contributed by atoms with Crippen LogP contribution in [0.25, 0.3) is 0 Å². The molecule has 3 atom stereocenters. The smallest absolute Gasteiger partial charge is 0.372 e. The average molecular weight is 543 g/mol. The molecule has 12 heteroatoms. The minimum atomic E-state index is -1.58. The van der Waals surface area contributed by atoms with Crippen molar-refractivity contribution in [3.8, 4) is 11.5 Å². The van der Waals surface area contributed by atoms with E-state index in [0.29, 0.717) is 24.7 Å². The summed E-state index contributed by atoms with van der Waals surface area (Å²) in [5, 5.41) is 26.2. The summed E-state index contributed by atoms with van der Waals surface area (Å²) in [6.45, 7) is 2.52. The molecule has 2 aliphatic rings. The first-order valence-electron chi connectivity index (χ1n) is 12.6. The van der Waals surface area contributed by atoms with Crippen molar-refractivity contribution in [3.05, 3.63) is 41.2 Å². The Balaban J connectivity index is 0.000000360. The number of carbonyl (C=O) groups is 3. The number of benzene rings is 1. The first-order valence-corrected chi connectivity index (χ1v) is 12.6. The van der Waals surface area contributed by atoms with Gasteiger partial charge in [0.05, 0.1) is 38.0 Å². The summed E-state index contributed by atoms with van der Waals surface area (Å²) in [5.74, 6) is -1.58. The number of hydrogen-bond acceptors (Lipinski definition) is 10. The monoisotopic (exact) mass is 542 g/mol. The number of aliphatic hydroxyl groups excluding tert-OH is 1. The van der Waals surface area contributed by atoms with Crippen LogP contribution in [0.15, 0.2) is 29.5 Å². The summed E-state index contributed by atoms with van der Waals surface area (Å²) in [6.07, 6.45) is 4.84. The molecule has 0 unspecified atom stereocenters. The minimum Gasteiger partial charge on any atom is -0.493 e. The van der Waals surface area contributed by atoms with Gasteiger partial charge in [-0.05, 0) is 43.9 Å². The number of aromatic nitrogens is 2. The fourth-order valence-corrected chi connectivity index (χ4v) is 4.60. The molecule has 0 radical (unpaired) electrons. The first-order chi connectivity index (χ1) is 18.5. The molecule has 3 N–H and O–H groups in total. The molecular formula is C27H34N4O8. The summed E-state index contributed by atoms with van der Waals surface area (Å²) in [4.78, 5) is 45.6. The maximum absolute atomic E-state index is 10.3. The fraction of sp³-hybridized carbons (Fsp3) is 0.481. The SMILES string of the molecule is CCOc1cc2c(cc1OC)C(c1cnc(N(C)C)nc1)=N[C@@H]1CC[C@@H](O)C[C@H]21.O=C(O)CCC(=O)C(=O)O. The lowest BCUT2D eigenvalue weighted by Gasteiger charge is -2.37.